The summed E-state index contributed by atoms with van der Waals surface area (Å²) in [4.78, 5) is 45.1. The summed E-state index contributed by atoms with van der Waals surface area (Å²) in [6.07, 6.45) is 7.04. The average molecular weight is 465 g/mol. The maximum atomic E-state index is 13.5. The normalized spacial score (nSPS) is 20.7. The van der Waals surface area contributed by atoms with Crippen LogP contribution < -0.4 is 15.1 Å². The molecule has 4 heterocycles. The molecular formula is C26H32N4O4. The standard InChI is InChI=1S/C26H32N4O4/c1-18(15-20-7-6-14-34-20)27-24(31)17-30-23-16-19(25(32)28-11-4-5-12-28)9-10-21(23)29-13-3-2-8-22(29)26(30)33/h6-7,9-10,14,16,18,22H,2-5,8,11-13,15,17H2,1H3,(H,27,31)/t18-,22-/m0/s1. The quantitative estimate of drug-likeness (QED) is 0.710. The molecule has 180 valence electrons. The molecule has 0 saturated carbocycles. The van der Waals surface area contributed by atoms with Gasteiger partial charge in [0.2, 0.25) is 11.8 Å². The summed E-state index contributed by atoms with van der Waals surface area (Å²) >= 11 is 0. The molecule has 1 aromatic carbocycles. The third-order valence-electron chi connectivity index (χ3n) is 7.07. The zero-order valence-electron chi connectivity index (χ0n) is 19.7. The van der Waals surface area contributed by atoms with E-state index in [0.717, 1.165) is 63.2 Å². The Labute approximate surface area is 199 Å². The van der Waals surface area contributed by atoms with Crippen LogP contribution in [0.3, 0.4) is 0 Å². The first kappa shape index (κ1) is 22.5. The predicted molar refractivity (Wildman–Crippen MR) is 129 cm³/mol. The van der Waals surface area contributed by atoms with E-state index in [4.69, 9.17) is 4.42 Å². The number of amides is 3. The van der Waals surface area contributed by atoms with Crippen molar-refractivity contribution in [1.82, 2.24) is 10.2 Å². The first-order valence-corrected chi connectivity index (χ1v) is 12.3. The van der Waals surface area contributed by atoms with Crippen LogP contribution in [0.15, 0.2) is 41.0 Å². The zero-order chi connectivity index (χ0) is 23.7. The van der Waals surface area contributed by atoms with Crippen molar-refractivity contribution < 1.29 is 18.8 Å². The van der Waals surface area contributed by atoms with E-state index in [1.807, 2.05) is 36.1 Å². The maximum Gasteiger partial charge on any atom is 0.253 e. The molecule has 34 heavy (non-hydrogen) atoms. The highest BCUT2D eigenvalue weighted by atomic mass is 16.3. The highest BCUT2D eigenvalue weighted by molar-refractivity contribution is 6.09. The number of nitrogens with zero attached hydrogens (tertiary/aromatic N) is 3. The molecule has 2 saturated heterocycles. The maximum absolute atomic E-state index is 13.5. The molecule has 3 aliphatic rings. The molecule has 0 spiro atoms. The lowest BCUT2D eigenvalue weighted by Crippen LogP contribution is -2.57. The van der Waals surface area contributed by atoms with Gasteiger partial charge in [0.15, 0.2) is 0 Å². The Morgan fingerprint density at radius 3 is 2.65 bits per heavy atom. The summed E-state index contributed by atoms with van der Waals surface area (Å²) in [6.45, 7) is 4.19. The number of nitrogens with one attached hydrogen (secondary N) is 1. The van der Waals surface area contributed by atoms with Gasteiger partial charge in [0.1, 0.15) is 18.3 Å². The van der Waals surface area contributed by atoms with Crippen LogP contribution in [0.4, 0.5) is 11.4 Å². The third-order valence-corrected chi connectivity index (χ3v) is 7.07. The first-order valence-electron chi connectivity index (χ1n) is 12.3. The highest BCUT2D eigenvalue weighted by Gasteiger charge is 2.40. The lowest BCUT2D eigenvalue weighted by molar-refractivity contribution is -0.125. The Kier molecular flexibility index (Phi) is 6.30. The van der Waals surface area contributed by atoms with E-state index in [0.29, 0.717) is 17.7 Å². The molecule has 8 nitrogen and oxygen atoms in total. The minimum atomic E-state index is -0.255. The van der Waals surface area contributed by atoms with Crippen LogP contribution in [0.5, 0.6) is 0 Å². The molecule has 0 aliphatic carbocycles. The third kappa shape index (κ3) is 4.41. The van der Waals surface area contributed by atoms with Gasteiger partial charge in [-0.2, -0.15) is 0 Å². The molecule has 2 aromatic rings. The molecule has 0 unspecified atom stereocenters. The van der Waals surface area contributed by atoms with E-state index in [1.54, 1.807) is 17.2 Å². The van der Waals surface area contributed by atoms with Crippen molar-refractivity contribution in [1.29, 1.82) is 0 Å². The Morgan fingerprint density at radius 2 is 1.88 bits per heavy atom. The summed E-state index contributed by atoms with van der Waals surface area (Å²) in [5.41, 5.74) is 2.15. The Morgan fingerprint density at radius 1 is 1.09 bits per heavy atom. The number of rotatable bonds is 6. The van der Waals surface area contributed by atoms with Crippen LogP contribution in [0, 0.1) is 0 Å². The predicted octanol–water partition coefficient (Wildman–Crippen LogP) is 2.97. The van der Waals surface area contributed by atoms with Gasteiger partial charge in [-0.1, -0.05) is 0 Å². The number of hydrogen-bond acceptors (Lipinski definition) is 5. The van der Waals surface area contributed by atoms with Crippen molar-refractivity contribution in [2.45, 2.75) is 57.5 Å². The van der Waals surface area contributed by atoms with Crippen LogP contribution in [0.2, 0.25) is 0 Å². The largest absolute Gasteiger partial charge is 0.469 e. The minimum Gasteiger partial charge on any atom is -0.469 e. The summed E-state index contributed by atoms with van der Waals surface area (Å²) in [7, 11) is 0. The molecular weight excluding hydrogens is 432 g/mol. The number of hydrogen-bond donors (Lipinski definition) is 1. The second-order valence-corrected chi connectivity index (χ2v) is 9.58. The SMILES string of the molecule is C[C@@H](Cc1ccco1)NC(=O)CN1C(=O)[C@@H]2CCCCN2c2ccc(C(=O)N3CCCC3)cc21. The fourth-order valence-corrected chi connectivity index (χ4v) is 5.40. The Bertz CT molecular complexity index is 1060. The van der Waals surface area contributed by atoms with Crippen molar-refractivity contribution in [2.24, 2.45) is 0 Å². The van der Waals surface area contributed by atoms with Crippen LogP contribution in [-0.2, 0) is 16.0 Å². The fourth-order valence-electron chi connectivity index (χ4n) is 5.40. The molecule has 1 N–H and O–H groups in total. The van der Waals surface area contributed by atoms with E-state index in [-0.39, 0.29) is 36.3 Å². The average Bonchev–Trinajstić information content (AvgIpc) is 3.55. The van der Waals surface area contributed by atoms with E-state index < -0.39 is 0 Å². The fraction of sp³-hybridized carbons (Fsp3) is 0.500. The molecule has 8 heteroatoms. The molecule has 3 aliphatic heterocycles. The number of piperidine rings is 1. The van der Waals surface area contributed by atoms with Gasteiger partial charge in [-0.15, -0.1) is 0 Å². The van der Waals surface area contributed by atoms with Crippen molar-refractivity contribution >= 4 is 29.1 Å². The van der Waals surface area contributed by atoms with E-state index >= 15 is 0 Å². The molecule has 2 atom stereocenters. The molecule has 1 aromatic heterocycles. The Hall–Kier alpha value is -3.29. The van der Waals surface area contributed by atoms with Gasteiger partial charge in [-0.25, -0.2) is 0 Å². The van der Waals surface area contributed by atoms with Gasteiger partial charge < -0.3 is 19.5 Å². The van der Waals surface area contributed by atoms with Gasteiger partial charge in [0.05, 0.1) is 17.6 Å². The zero-order valence-corrected chi connectivity index (χ0v) is 19.7. The second-order valence-electron chi connectivity index (χ2n) is 9.58. The van der Waals surface area contributed by atoms with E-state index in [1.165, 1.54) is 0 Å². The topological polar surface area (TPSA) is 86.1 Å². The van der Waals surface area contributed by atoms with Crippen LogP contribution in [-0.4, -0.2) is 60.9 Å². The minimum absolute atomic E-state index is 0.00927. The number of carbonyl (C=O) groups is 3. The molecule has 0 bridgehead atoms. The van der Waals surface area contributed by atoms with Crippen LogP contribution in [0.1, 0.15) is 55.1 Å². The van der Waals surface area contributed by atoms with Gasteiger partial charge >= 0.3 is 0 Å². The Balaban J connectivity index is 1.39. The van der Waals surface area contributed by atoms with Gasteiger partial charge in [0, 0.05) is 37.7 Å². The summed E-state index contributed by atoms with van der Waals surface area (Å²) in [5.74, 6) is 0.505. The summed E-state index contributed by atoms with van der Waals surface area (Å²) in [5, 5.41) is 2.99. The van der Waals surface area contributed by atoms with E-state index in [9.17, 15) is 14.4 Å². The number of fused-ring (bicyclic) bond motifs is 3. The number of likely N-dealkylation sites (tertiary alicyclic amines) is 1. The van der Waals surface area contributed by atoms with Crippen molar-refractivity contribution in [2.75, 3.05) is 36.0 Å². The monoisotopic (exact) mass is 464 g/mol. The first-order chi connectivity index (χ1) is 16.5. The highest BCUT2D eigenvalue weighted by Crippen LogP contribution is 2.40. The smallest absolute Gasteiger partial charge is 0.253 e. The van der Waals surface area contributed by atoms with Crippen LogP contribution in [0.25, 0.3) is 0 Å². The van der Waals surface area contributed by atoms with Crippen LogP contribution >= 0.6 is 0 Å². The lowest BCUT2D eigenvalue weighted by Gasteiger charge is -2.45. The molecule has 0 radical (unpaired) electrons. The van der Waals surface area contributed by atoms with E-state index in [2.05, 4.69) is 10.2 Å². The van der Waals surface area contributed by atoms with Crippen molar-refractivity contribution in [3.8, 4) is 0 Å². The number of anilines is 2. The lowest BCUT2D eigenvalue weighted by atomic mass is 9.95. The summed E-state index contributed by atoms with van der Waals surface area (Å²) < 4.78 is 5.38. The van der Waals surface area contributed by atoms with Gasteiger partial charge in [-0.05, 0) is 69.4 Å². The second kappa shape index (κ2) is 9.52. The van der Waals surface area contributed by atoms with Crippen molar-refractivity contribution in [3.05, 3.63) is 47.9 Å². The molecule has 3 amide bonds. The van der Waals surface area contributed by atoms with Gasteiger partial charge in [0.25, 0.3) is 5.91 Å². The van der Waals surface area contributed by atoms with Crippen molar-refractivity contribution in [3.63, 3.8) is 0 Å². The number of carbonyl (C=O) groups excluding carboxylic acids is 3. The van der Waals surface area contributed by atoms with Gasteiger partial charge in [-0.3, -0.25) is 19.3 Å². The molecule has 5 rings (SSSR count). The molecule has 2 fully saturated rings. The summed E-state index contributed by atoms with van der Waals surface area (Å²) in [6, 6.07) is 8.94. The number of benzene rings is 1. The number of furan rings is 1.